The fourth-order valence-electron chi connectivity index (χ4n) is 2.56. The van der Waals surface area contributed by atoms with E-state index in [-0.39, 0.29) is 21.3 Å². The van der Waals surface area contributed by atoms with Crippen molar-refractivity contribution >= 4 is 33.4 Å². The van der Waals surface area contributed by atoms with Gasteiger partial charge in [-0.15, -0.1) is 0 Å². The van der Waals surface area contributed by atoms with E-state index in [4.69, 9.17) is 21.5 Å². The van der Waals surface area contributed by atoms with Crippen molar-refractivity contribution in [3.05, 3.63) is 63.2 Å². The zero-order valence-corrected chi connectivity index (χ0v) is 16.9. The molecule has 2 aromatic carbocycles. The van der Waals surface area contributed by atoms with Gasteiger partial charge in [0.05, 0.1) is 15.5 Å². The smallest absolute Gasteiger partial charge is 0.340 e. The highest BCUT2D eigenvalue weighted by Crippen LogP contribution is 2.23. The van der Waals surface area contributed by atoms with Crippen LogP contribution >= 0.6 is 11.6 Å². The summed E-state index contributed by atoms with van der Waals surface area (Å²) in [6.07, 6.45) is -1.08. The summed E-state index contributed by atoms with van der Waals surface area (Å²) in [5.41, 5.74) is 3.06. The lowest BCUT2D eigenvalue weighted by molar-refractivity contribution is 0.0318. The molecule has 0 heterocycles. The summed E-state index contributed by atoms with van der Waals surface area (Å²) in [6, 6.07) is 7.09. The van der Waals surface area contributed by atoms with Crippen molar-refractivity contribution in [3.63, 3.8) is 0 Å². The average Bonchev–Trinajstić information content (AvgIpc) is 2.56. The number of hydrogen-bond donors (Lipinski definition) is 1. The zero-order chi connectivity index (χ0) is 20.5. The first-order valence-electron chi connectivity index (χ1n) is 8.07. The van der Waals surface area contributed by atoms with E-state index in [0.29, 0.717) is 5.56 Å². The lowest BCUT2D eigenvalue weighted by Gasteiger charge is -2.16. The number of hydrogen-bond acceptors (Lipinski definition) is 5. The van der Waals surface area contributed by atoms with Crippen LogP contribution in [0.25, 0.3) is 0 Å². The van der Waals surface area contributed by atoms with Gasteiger partial charge in [-0.3, -0.25) is 4.79 Å². The number of benzene rings is 2. The lowest BCUT2D eigenvalue weighted by Crippen LogP contribution is -2.25. The molecular weight excluding hydrogens is 390 g/mol. The first-order chi connectivity index (χ1) is 12.4. The molecule has 0 aromatic heterocycles. The summed E-state index contributed by atoms with van der Waals surface area (Å²) >= 11 is 5.96. The number of nitrogens with two attached hydrogens (primary N) is 1. The Balaban J connectivity index is 2.28. The molecule has 0 saturated carbocycles. The maximum absolute atomic E-state index is 12.7. The monoisotopic (exact) mass is 409 g/mol. The summed E-state index contributed by atoms with van der Waals surface area (Å²) in [6.45, 7) is 7.09. The Morgan fingerprint density at radius 3 is 2.19 bits per heavy atom. The Morgan fingerprint density at radius 2 is 1.59 bits per heavy atom. The molecule has 144 valence electrons. The molecule has 2 rings (SSSR count). The Bertz CT molecular complexity index is 1030. The van der Waals surface area contributed by atoms with E-state index in [1.165, 1.54) is 19.1 Å². The van der Waals surface area contributed by atoms with Gasteiger partial charge in [-0.2, -0.15) is 0 Å². The van der Waals surface area contributed by atoms with Gasteiger partial charge in [-0.25, -0.2) is 18.4 Å². The molecule has 0 bridgehead atoms. The van der Waals surface area contributed by atoms with Crippen LogP contribution in [-0.4, -0.2) is 26.3 Å². The van der Waals surface area contributed by atoms with Crippen molar-refractivity contribution in [2.45, 2.75) is 38.7 Å². The molecular formula is C19H20ClNO5S. The third-order valence-electron chi connectivity index (χ3n) is 4.25. The number of primary sulfonamides is 1. The molecule has 0 aliphatic heterocycles. The molecule has 0 aliphatic carbocycles. The van der Waals surface area contributed by atoms with Crippen LogP contribution < -0.4 is 5.14 Å². The zero-order valence-electron chi connectivity index (χ0n) is 15.4. The van der Waals surface area contributed by atoms with Gasteiger partial charge in [-0.1, -0.05) is 17.7 Å². The number of sulfonamides is 1. The van der Waals surface area contributed by atoms with Gasteiger partial charge >= 0.3 is 5.97 Å². The van der Waals surface area contributed by atoms with Crippen LogP contribution in [0.3, 0.4) is 0 Å². The summed E-state index contributed by atoms with van der Waals surface area (Å²) in [5.74, 6) is -1.27. The standard InChI is InChI=1S/C19H20ClNO5S/c1-10-7-12(3)15(8-11(10)2)18(22)13(4)26-19(23)16-9-14(27(21,24)25)5-6-17(16)20/h5-9,13H,1-4H3,(H2,21,24,25). The van der Waals surface area contributed by atoms with Crippen LogP contribution in [0.1, 0.15) is 44.3 Å². The summed E-state index contributed by atoms with van der Waals surface area (Å²) in [5, 5.41) is 5.06. The molecule has 2 N–H and O–H groups in total. The molecule has 0 aliphatic rings. The van der Waals surface area contributed by atoms with Gasteiger partial charge in [0.25, 0.3) is 0 Å². The minimum Gasteiger partial charge on any atom is -0.451 e. The Morgan fingerprint density at radius 1 is 1.00 bits per heavy atom. The van der Waals surface area contributed by atoms with E-state index in [9.17, 15) is 18.0 Å². The van der Waals surface area contributed by atoms with Crippen molar-refractivity contribution in [3.8, 4) is 0 Å². The van der Waals surface area contributed by atoms with Gasteiger partial charge in [0.1, 0.15) is 0 Å². The molecule has 27 heavy (non-hydrogen) atoms. The van der Waals surface area contributed by atoms with Crippen molar-refractivity contribution in [2.24, 2.45) is 5.14 Å². The number of aryl methyl sites for hydroxylation is 3. The molecule has 2 aromatic rings. The third kappa shape index (κ3) is 4.74. The van der Waals surface area contributed by atoms with E-state index < -0.39 is 22.1 Å². The highest BCUT2D eigenvalue weighted by atomic mass is 35.5. The second-order valence-corrected chi connectivity index (χ2v) is 8.32. The van der Waals surface area contributed by atoms with Gasteiger partial charge in [-0.05, 0) is 68.7 Å². The van der Waals surface area contributed by atoms with E-state index in [0.717, 1.165) is 22.8 Å². The van der Waals surface area contributed by atoms with E-state index >= 15 is 0 Å². The van der Waals surface area contributed by atoms with Crippen LogP contribution in [0.15, 0.2) is 35.2 Å². The molecule has 1 atom stereocenters. The summed E-state index contributed by atoms with van der Waals surface area (Å²) in [7, 11) is -4.01. The molecule has 0 saturated heterocycles. The van der Waals surface area contributed by atoms with Crippen LogP contribution in [-0.2, 0) is 14.8 Å². The number of Topliss-reactive ketones (excluding diaryl/α,β-unsaturated/α-hetero) is 1. The second kappa shape index (κ2) is 7.80. The number of carbonyl (C=O) groups is 2. The fourth-order valence-corrected chi connectivity index (χ4v) is 3.29. The minimum atomic E-state index is -4.01. The fraction of sp³-hybridized carbons (Fsp3) is 0.263. The number of ether oxygens (including phenoxy) is 1. The minimum absolute atomic E-state index is 0.00518. The summed E-state index contributed by atoms with van der Waals surface area (Å²) in [4.78, 5) is 24.8. The first-order valence-corrected chi connectivity index (χ1v) is 9.99. The Kier molecular flexibility index (Phi) is 6.09. The highest BCUT2D eigenvalue weighted by molar-refractivity contribution is 7.89. The van der Waals surface area contributed by atoms with E-state index in [1.807, 2.05) is 19.9 Å². The van der Waals surface area contributed by atoms with E-state index in [1.54, 1.807) is 13.0 Å². The SMILES string of the molecule is Cc1cc(C)c(C(=O)C(C)OC(=O)c2cc(S(N)(=O)=O)ccc2Cl)cc1C. The van der Waals surface area contributed by atoms with Crippen molar-refractivity contribution < 1.29 is 22.7 Å². The molecule has 8 heteroatoms. The highest BCUT2D eigenvalue weighted by Gasteiger charge is 2.24. The van der Waals surface area contributed by atoms with Crippen LogP contribution in [0.5, 0.6) is 0 Å². The van der Waals surface area contributed by atoms with Gasteiger partial charge in [0.15, 0.2) is 6.10 Å². The Labute approximate surface area is 163 Å². The Hall–Kier alpha value is -2.22. The number of halogens is 1. The largest absolute Gasteiger partial charge is 0.451 e. The van der Waals surface area contributed by atoms with Crippen molar-refractivity contribution in [2.75, 3.05) is 0 Å². The van der Waals surface area contributed by atoms with Crippen molar-refractivity contribution in [1.82, 2.24) is 0 Å². The molecule has 0 spiro atoms. The molecule has 0 radical (unpaired) electrons. The number of rotatable bonds is 5. The average molecular weight is 410 g/mol. The van der Waals surface area contributed by atoms with Gasteiger partial charge in [0.2, 0.25) is 15.8 Å². The molecule has 0 fully saturated rings. The van der Waals surface area contributed by atoms with Crippen LogP contribution in [0, 0.1) is 20.8 Å². The molecule has 0 amide bonds. The van der Waals surface area contributed by atoms with Crippen LogP contribution in [0.4, 0.5) is 0 Å². The quantitative estimate of drug-likeness (QED) is 0.602. The predicted molar refractivity (Wildman–Crippen MR) is 103 cm³/mol. The number of carbonyl (C=O) groups excluding carboxylic acids is 2. The number of ketones is 1. The predicted octanol–water partition coefficient (Wildman–Crippen LogP) is 3.34. The number of esters is 1. The molecule has 1 unspecified atom stereocenters. The molecule has 6 nitrogen and oxygen atoms in total. The van der Waals surface area contributed by atoms with E-state index in [2.05, 4.69) is 0 Å². The van der Waals surface area contributed by atoms with Crippen LogP contribution in [0.2, 0.25) is 5.02 Å². The lowest BCUT2D eigenvalue weighted by atomic mass is 9.96. The normalized spacial score (nSPS) is 12.5. The summed E-state index contributed by atoms with van der Waals surface area (Å²) < 4.78 is 28.1. The first kappa shape index (κ1) is 21.1. The topological polar surface area (TPSA) is 104 Å². The third-order valence-corrected chi connectivity index (χ3v) is 5.49. The second-order valence-electron chi connectivity index (χ2n) is 6.35. The maximum atomic E-state index is 12.7. The van der Waals surface area contributed by atoms with Gasteiger partial charge in [0, 0.05) is 5.56 Å². The van der Waals surface area contributed by atoms with Gasteiger partial charge < -0.3 is 4.74 Å². The maximum Gasteiger partial charge on any atom is 0.340 e. The van der Waals surface area contributed by atoms with Crippen molar-refractivity contribution in [1.29, 1.82) is 0 Å².